The molecular formula is C22H23FN2O2. The minimum Gasteiger partial charge on any atom is -0.342 e. The van der Waals surface area contributed by atoms with Gasteiger partial charge in [0, 0.05) is 37.2 Å². The molecule has 2 fully saturated rings. The summed E-state index contributed by atoms with van der Waals surface area (Å²) >= 11 is 0. The Morgan fingerprint density at radius 1 is 1.07 bits per heavy atom. The number of amides is 2. The minimum absolute atomic E-state index is 0.0414. The Morgan fingerprint density at radius 3 is 2.48 bits per heavy atom. The van der Waals surface area contributed by atoms with E-state index in [2.05, 4.69) is 0 Å². The van der Waals surface area contributed by atoms with E-state index >= 15 is 0 Å². The largest absolute Gasteiger partial charge is 0.342 e. The number of benzene rings is 2. The highest BCUT2D eigenvalue weighted by molar-refractivity contribution is 5.96. The van der Waals surface area contributed by atoms with Crippen LogP contribution in [0.1, 0.15) is 24.0 Å². The second kappa shape index (κ2) is 6.80. The fourth-order valence-electron chi connectivity index (χ4n) is 4.17. The Morgan fingerprint density at radius 2 is 1.78 bits per heavy atom. The third-order valence-electron chi connectivity index (χ3n) is 5.73. The first-order valence-electron chi connectivity index (χ1n) is 9.33. The van der Waals surface area contributed by atoms with E-state index in [1.54, 1.807) is 12.1 Å². The van der Waals surface area contributed by atoms with E-state index in [4.69, 9.17) is 0 Å². The number of likely N-dealkylation sites (tertiary alicyclic amines) is 1. The smallest absolute Gasteiger partial charge is 0.227 e. The Kier molecular flexibility index (Phi) is 4.46. The average molecular weight is 366 g/mol. The van der Waals surface area contributed by atoms with E-state index in [-0.39, 0.29) is 29.5 Å². The van der Waals surface area contributed by atoms with E-state index in [9.17, 15) is 14.0 Å². The van der Waals surface area contributed by atoms with Gasteiger partial charge in [0.15, 0.2) is 0 Å². The maximum absolute atomic E-state index is 13.0. The van der Waals surface area contributed by atoms with Gasteiger partial charge in [0.05, 0.1) is 6.42 Å². The fourth-order valence-corrected chi connectivity index (χ4v) is 4.17. The maximum Gasteiger partial charge on any atom is 0.227 e. The fraction of sp³-hybridized carbons (Fsp3) is 0.364. The summed E-state index contributed by atoms with van der Waals surface area (Å²) in [6.45, 7) is 3.98. The lowest BCUT2D eigenvalue weighted by molar-refractivity contribution is -0.130. The van der Waals surface area contributed by atoms with Gasteiger partial charge in [-0.25, -0.2) is 4.39 Å². The number of nitrogens with zero attached hydrogens (tertiary/aromatic N) is 2. The van der Waals surface area contributed by atoms with Crippen molar-refractivity contribution >= 4 is 17.5 Å². The molecule has 0 N–H and O–H groups in total. The Balaban J connectivity index is 1.42. The van der Waals surface area contributed by atoms with Crippen molar-refractivity contribution in [3.63, 3.8) is 0 Å². The number of hydrogen-bond donors (Lipinski definition) is 0. The van der Waals surface area contributed by atoms with Crippen LogP contribution in [-0.2, 0) is 16.0 Å². The summed E-state index contributed by atoms with van der Waals surface area (Å²) in [4.78, 5) is 29.0. The molecule has 2 saturated heterocycles. The monoisotopic (exact) mass is 366 g/mol. The molecule has 2 aromatic rings. The van der Waals surface area contributed by atoms with Crippen LogP contribution in [0.25, 0.3) is 0 Å². The molecule has 0 aliphatic carbocycles. The van der Waals surface area contributed by atoms with Crippen molar-refractivity contribution in [1.29, 1.82) is 0 Å². The zero-order valence-corrected chi connectivity index (χ0v) is 15.5. The molecule has 27 heavy (non-hydrogen) atoms. The predicted molar refractivity (Wildman–Crippen MR) is 102 cm³/mol. The molecule has 1 spiro atoms. The molecule has 0 radical (unpaired) electrons. The standard InChI is InChI=1S/C22H23FN2O2/c1-16-2-8-19(9-3-16)25-15-22(13-21(25)27)10-11-24(14-22)20(26)12-17-4-6-18(23)7-5-17/h2-9H,10-15H2,1H3. The van der Waals surface area contributed by atoms with Gasteiger partial charge in [-0.15, -0.1) is 0 Å². The number of carbonyl (C=O) groups excluding carboxylic acids is 2. The molecule has 2 aliphatic heterocycles. The molecule has 1 atom stereocenters. The Bertz CT molecular complexity index is 863. The van der Waals surface area contributed by atoms with Crippen LogP contribution in [0.4, 0.5) is 10.1 Å². The van der Waals surface area contributed by atoms with Crippen molar-refractivity contribution < 1.29 is 14.0 Å². The number of hydrogen-bond acceptors (Lipinski definition) is 2. The molecule has 2 heterocycles. The van der Waals surface area contributed by atoms with Crippen LogP contribution in [0.5, 0.6) is 0 Å². The lowest BCUT2D eigenvalue weighted by atomic mass is 9.86. The van der Waals surface area contributed by atoms with Gasteiger partial charge in [-0.3, -0.25) is 9.59 Å². The van der Waals surface area contributed by atoms with Crippen LogP contribution in [0.3, 0.4) is 0 Å². The summed E-state index contributed by atoms with van der Waals surface area (Å²) in [5, 5.41) is 0. The zero-order valence-electron chi connectivity index (χ0n) is 15.5. The second-order valence-corrected chi connectivity index (χ2v) is 7.86. The molecule has 4 rings (SSSR count). The lowest BCUT2D eigenvalue weighted by Gasteiger charge is -2.24. The first-order valence-corrected chi connectivity index (χ1v) is 9.33. The van der Waals surface area contributed by atoms with Crippen LogP contribution in [-0.4, -0.2) is 36.3 Å². The summed E-state index contributed by atoms with van der Waals surface area (Å²) in [6, 6.07) is 14.1. The quantitative estimate of drug-likeness (QED) is 0.836. The summed E-state index contributed by atoms with van der Waals surface area (Å²) in [6.07, 6.45) is 1.60. The van der Waals surface area contributed by atoms with Gasteiger partial charge in [-0.2, -0.15) is 0 Å². The van der Waals surface area contributed by atoms with Crippen LogP contribution in [0.15, 0.2) is 48.5 Å². The maximum atomic E-state index is 13.0. The minimum atomic E-state index is -0.299. The molecule has 140 valence electrons. The van der Waals surface area contributed by atoms with Crippen LogP contribution < -0.4 is 4.90 Å². The normalized spacial score (nSPS) is 22.1. The summed E-state index contributed by atoms with van der Waals surface area (Å²) in [7, 11) is 0. The van der Waals surface area contributed by atoms with E-state index in [0.29, 0.717) is 26.1 Å². The molecule has 0 aromatic heterocycles. The second-order valence-electron chi connectivity index (χ2n) is 7.86. The van der Waals surface area contributed by atoms with Gasteiger partial charge in [0.25, 0.3) is 0 Å². The van der Waals surface area contributed by atoms with E-state index in [1.807, 2.05) is 41.0 Å². The summed E-state index contributed by atoms with van der Waals surface area (Å²) in [5.74, 6) is -0.126. The van der Waals surface area contributed by atoms with Crippen molar-refractivity contribution in [3.8, 4) is 0 Å². The number of rotatable bonds is 3. The molecule has 0 saturated carbocycles. The van der Waals surface area contributed by atoms with Crippen LogP contribution >= 0.6 is 0 Å². The van der Waals surface area contributed by atoms with Gasteiger partial charge in [-0.1, -0.05) is 29.8 Å². The van der Waals surface area contributed by atoms with E-state index in [0.717, 1.165) is 17.7 Å². The van der Waals surface area contributed by atoms with Crippen LogP contribution in [0.2, 0.25) is 0 Å². The molecule has 0 bridgehead atoms. The topological polar surface area (TPSA) is 40.6 Å². The molecule has 2 amide bonds. The Hall–Kier alpha value is -2.69. The third-order valence-corrected chi connectivity index (χ3v) is 5.73. The molecule has 4 nitrogen and oxygen atoms in total. The molecule has 5 heteroatoms. The highest BCUT2D eigenvalue weighted by Crippen LogP contribution is 2.42. The highest BCUT2D eigenvalue weighted by atomic mass is 19.1. The SMILES string of the molecule is Cc1ccc(N2CC3(CCN(C(=O)Cc4ccc(F)cc4)C3)CC2=O)cc1. The number of anilines is 1. The Labute approximate surface area is 158 Å². The van der Waals surface area contributed by atoms with E-state index in [1.165, 1.54) is 17.7 Å². The average Bonchev–Trinajstić information content (AvgIpc) is 3.21. The first-order chi connectivity index (χ1) is 12.9. The molecule has 1 unspecified atom stereocenters. The number of aryl methyl sites for hydroxylation is 1. The number of carbonyl (C=O) groups is 2. The van der Waals surface area contributed by atoms with Gasteiger partial charge >= 0.3 is 0 Å². The van der Waals surface area contributed by atoms with Gasteiger partial charge in [0.2, 0.25) is 11.8 Å². The molecular weight excluding hydrogens is 343 g/mol. The molecule has 2 aliphatic rings. The first kappa shape index (κ1) is 17.7. The van der Waals surface area contributed by atoms with Gasteiger partial charge < -0.3 is 9.80 Å². The van der Waals surface area contributed by atoms with Crippen molar-refractivity contribution in [1.82, 2.24) is 4.90 Å². The highest BCUT2D eigenvalue weighted by Gasteiger charge is 2.48. The number of halogens is 1. The van der Waals surface area contributed by atoms with Crippen molar-refractivity contribution in [2.24, 2.45) is 5.41 Å². The van der Waals surface area contributed by atoms with Crippen molar-refractivity contribution in [3.05, 3.63) is 65.5 Å². The summed E-state index contributed by atoms with van der Waals surface area (Å²) in [5.41, 5.74) is 2.75. The lowest BCUT2D eigenvalue weighted by Crippen LogP contribution is -2.34. The van der Waals surface area contributed by atoms with Crippen LogP contribution in [0, 0.1) is 18.2 Å². The van der Waals surface area contributed by atoms with Gasteiger partial charge in [-0.05, 0) is 43.2 Å². The third kappa shape index (κ3) is 3.59. The summed E-state index contributed by atoms with van der Waals surface area (Å²) < 4.78 is 13.0. The molecule has 2 aromatic carbocycles. The zero-order chi connectivity index (χ0) is 19.0. The predicted octanol–water partition coefficient (Wildman–Crippen LogP) is 3.33. The van der Waals surface area contributed by atoms with Gasteiger partial charge in [0.1, 0.15) is 5.82 Å². The van der Waals surface area contributed by atoms with Crippen molar-refractivity contribution in [2.45, 2.75) is 26.2 Å². The van der Waals surface area contributed by atoms with Crippen molar-refractivity contribution in [2.75, 3.05) is 24.5 Å². The van der Waals surface area contributed by atoms with E-state index < -0.39 is 0 Å².